The topological polar surface area (TPSA) is 112 Å². The molecule has 0 amide bonds. The number of nitro benzene ring substituents is 1. The van der Waals surface area contributed by atoms with Gasteiger partial charge in [-0.3, -0.25) is 10.1 Å². The van der Waals surface area contributed by atoms with Gasteiger partial charge in [0.05, 0.1) is 29.4 Å². The molecule has 0 aliphatic carbocycles. The summed E-state index contributed by atoms with van der Waals surface area (Å²) >= 11 is 0. The predicted octanol–water partition coefficient (Wildman–Crippen LogP) is 1.42. The van der Waals surface area contributed by atoms with Crippen molar-refractivity contribution in [3.63, 3.8) is 0 Å². The van der Waals surface area contributed by atoms with Crippen LogP contribution in [0.25, 0.3) is 0 Å². The van der Waals surface area contributed by atoms with Crippen LogP contribution < -0.4 is 14.7 Å². The number of morpholine rings is 1. The molecule has 0 atom stereocenters. The van der Waals surface area contributed by atoms with Gasteiger partial charge in [0.25, 0.3) is 5.69 Å². The van der Waals surface area contributed by atoms with Crippen LogP contribution in [0, 0.1) is 21.4 Å². The molecule has 0 radical (unpaired) electrons. The van der Waals surface area contributed by atoms with Crippen molar-refractivity contribution in [2.24, 2.45) is 0 Å². The molecular formula is C19H21N7O3. The molecule has 0 spiro atoms. The van der Waals surface area contributed by atoms with E-state index in [9.17, 15) is 15.4 Å². The van der Waals surface area contributed by atoms with E-state index in [1.165, 1.54) is 12.1 Å². The summed E-state index contributed by atoms with van der Waals surface area (Å²) in [6.45, 7) is 5.92. The Kier molecular flexibility index (Phi) is 5.39. The van der Waals surface area contributed by atoms with Crippen molar-refractivity contribution in [2.45, 2.75) is 0 Å². The summed E-state index contributed by atoms with van der Waals surface area (Å²) in [7, 11) is 0. The van der Waals surface area contributed by atoms with Crippen LogP contribution >= 0.6 is 0 Å². The number of benzene rings is 1. The highest BCUT2D eigenvalue weighted by Gasteiger charge is 2.23. The lowest BCUT2D eigenvalue weighted by atomic mass is 10.1. The summed E-state index contributed by atoms with van der Waals surface area (Å²) in [6, 6.07) is 8.53. The van der Waals surface area contributed by atoms with Crippen molar-refractivity contribution in [3.05, 3.63) is 46.3 Å². The van der Waals surface area contributed by atoms with Gasteiger partial charge in [-0.25, -0.2) is 9.97 Å². The first-order valence-electron chi connectivity index (χ1n) is 9.49. The first-order chi connectivity index (χ1) is 14.2. The fourth-order valence-electron chi connectivity index (χ4n) is 3.65. The first kappa shape index (κ1) is 18.9. The Morgan fingerprint density at radius 3 is 2.21 bits per heavy atom. The number of ether oxygens (including phenoxy) is 1. The Bertz CT molecular complexity index is 932. The molecule has 10 heteroatoms. The molecule has 2 aliphatic rings. The molecule has 1 aromatic heterocycles. The Hall–Kier alpha value is -3.45. The van der Waals surface area contributed by atoms with Crippen LogP contribution in [-0.4, -0.2) is 67.4 Å². The highest BCUT2D eigenvalue weighted by molar-refractivity contribution is 5.64. The fraction of sp³-hybridized carbons (Fsp3) is 0.421. The van der Waals surface area contributed by atoms with Crippen LogP contribution in [0.3, 0.4) is 0 Å². The van der Waals surface area contributed by atoms with Crippen molar-refractivity contribution in [3.8, 4) is 6.07 Å². The van der Waals surface area contributed by atoms with Gasteiger partial charge in [-0.15, -0.1) is 0 Å². The molecule has 0 N–H and O–H groups in total. The maximum atomic E-state index is 11.0. The normalized spacial score (nSPS) is 17.1. The van der Waals surface area contributed by atoms with Crippen LogP contribution in [0.2, 0.25) is 0 Å². The van der Waals surface area contributed by atoms with E-state index in [1.807, 2.05) is 6.07 Å². The van der Waals surface area contributed by atoms with E-state index in [0.717, 1.165) is 43.5 Å². The van der Waals surface area contributed by atoms with Gasteiger partial charge in [0.2, 0.25) is 0 Å². The first-order valence-corrected chi connectivity index (χ1v) is 9.49. The Labute approximate surface area is 168 Å². The molecule has 3 heterocycles. The van der Waals surface area contributed by atoms with Gasteiger partial charge in [-0.2, -0.15) is 5.26 Å². The van der Waals surface area contributed by atoms with Gasteiger partial charge in [0, 0.05) is 57.5 Å². The van der Waals surface area contributed by atoms with E-state index in [0.29, 0.717) is 31.9 Å². The number of piperazine rings is 1. The molecular weight excluding hydrogens is 374 g/mol. The SMILES string of the molecule is N#Cc1cc([N+](=O)[O-])ccc1N1CCN(c2cc(N3CCOCC3)ncn2)CC1. The second kappa shape index (κ2) is 8.28. The predicted molar refractivity (Wildman–Crippen MR) is 107 cm³/mol. The lowest BCUT2D eigenvalue weighted by Gasteiger charge is -2.37. The van der Waals surface area contributed by atoms with Crippen molar-refractivity contribution in [1.82, 2.24) is 9.97 Å². The Morgan fingerprint density at radius 2 is 1.59 bits per heavy atom. The van der Waals surface area contributed by atoms with Crippen LogP contribution in [0.4, 0.5) is 23.0 Å². The number of hydrogen-bond acceptors (Lipinski definition) is 9. The van der Waals surface area contributed by atoms with Crippen molar-refractivity contribution >= 4 is 23.0 Å². The smallest absolute Gasteiger partial charge is 0.270 e. The molecule has 2 saturated heterocycles. The van der Waals surface area contributed by atoms with Gasteiger partial charge in [-0.05, 0) is 6.07 Å². The van der Waals surface area contributed by atoms with Crippen molar-refractivity contribution in [1.29, 1.82) is 5.26 Å². The Morgan fingerprint density at radius 1 is 0.966 bits per heavy atom. The van der Waals surface area contributed by atoms with Crippen molar-refractivity contribution < 1.29 is 9.66 Å². The zero-order valence-electron chi connectivity index (χ0n) is 15.9. The van der Waals surface area contributed by atoms with E-state index in [4.69, 9.17) is 4.74 Å². The van der Waals surface area contributed by atoms with Crippen LogP contribution in [0.5, 0.6) is 0 Å². The molecule has 2 aromatic rings. The highest BCUT2D eigenvalue weighted by atomic mass is 16.6. The number of non-ortho nitro benzene ring substituents is 1. The van der Waals surface area contributed by atoms with Crippen LogP contribution in [-0.2, 0) is 4.74 Å². The van der Waals surface area contributed by atoms with Crippen molar-refractivity contribution in [2.75, 3.05) is 67.2 Å². The number of rotatable bonds is 4. The van der Waals surface area contributed by atoms with Gasteiger partial charge < -0.3 is 19.4 Å². The molecule has 4 rings (SSSR count). The summed E-state index contributed by atoms with van der Waals surface area (Å²) in [5.41, 5.74) is 0.985. The summed E-state index contributed by atoms with van der Waals surface area (Å²) in [6.07, 6.45) is 1.59. The lowest BCUT2D eigenvalue weighted by molar-refractivity contribution is -0.384. The lowest BCUT2D eigenvalue weighted by Crippen LogP contribution is -2.47. The van der Waals surface area contributed by atoms with Gasteiger partial charge in [-0.1, -0.05) is 0 Å². The Balaban J connectivity index is 1.45. The minimum Gasteiger partial charge on any atom is -0.378 e. The third-order valence-electron chi connectivity index (χ3n) is 5.23. The molecule has 1 aromatic carbocycles. The van der Waals surface area contributed by atoms with Crippen LogP contribution in [0.15, 0.2) is 30.6 Å². The summed E-state index contributed by atoms with van der Waals surface area (Å²) < 4.78 is 5.40. The molecule has 10 nitrogen and oxygen atoms in total. The molecule has 150 valence electrons. The third kappa shape index (κ3) is 4.05. The molecule has 0 unspecified atom stereocenters. The highest BCUT2D eigenvalue weighted by Crippen LogP contribution is 2.27. The number of hydrogen-bond donors (Lipinski definition) is 0. The fourth-order valence-corrected chi connectivity index (χ4v) is 3.65. The average Bonchev–Trinajstić information content (AvgIpc) is 2.79. The second-order valence-corrected chi connectivity index (χ2v) is 6.88. The zero-order valence-corrected chi connectivity index (χ0v) is 15.9. The second-order valence-electron chi connectivity index (χ2n) is 6.88. The quantitative estimate of drug-likeness (QED) is 0.560. The van der Waals surface area contributed by atoms with Gasteiger partial charge in [0.15, 0.2) is 0 Å². The third-order valence-corrected chi connectivity index (χ3v) is 5.23. The minimum absolute atomic E-state index is 0.0689. The van der Waals surface area contributed by atoms with E-state index in [2.05, 4.69) is 30.7 Å². The maximum Gasteiger partial charge on any atom is 0.270 e. The summed E-state index contributed by atoms with van der Waals surface area (Å²) in [5, 5.41) is 20.4. The standard InChI is InChI=1S/C19H21N7O3/c20-13-15-11-16(26(27)28)1-2-17(15)23-3-5-24(6-4-23)18-12-19(22-14-21-18)25-7-9-29-10-8-25/h1-2,11-12,14H,3-10H2. The molecule has 2 fully saturated rings. The van der Waals surface area contributed by atoms with E-state index in [1.54, 1.807) is 12.4 Å². The van der Waals surface area contributed by atoms with Gasteiger partial charge >= 0.3 is 0 Å². The summed E-state index contributed by atoms with van der Waals surface area (Å²) in [4.78, 5) is 25.8. The molecule has 2 aliphatic heterocycles. The molecule has 29 heavy (non-hydrogen) atoms. The van der Waals surface area contributed by atoms with E-state index >= 15 is 0 Å². The monoisotopic (exact) mass is 395 g/mol. The number of nitriles is 1. The van der Waals surface area contributed by atoms with E-state index in [-0.39, 0.29) is 5.69 Å². The largest absolute Gasteiger partial charge is 0.378 e. The zero-order chi connectivity index (χ0) is 20.2. The maximum absolute atomic E-state index is 11.0. The van der Waals surface area contributed by atoms with Crippen LogP contribution in [0.1, 0.15) is 5.56 Å². The van der Waals surface area contributed by atoms with Gasteiger partial charge in [0.1, 0.15) is 24.0 Å². The van der Waals surface area contributed by atoms with E-state index < -0.39 is 4.92 Å². The summed E-state index contributed by atoms with van der Waals surface area (Å²) in [5.74, 6) is 1.79. The number of nitro groups is 1. The molecule has 0 saturated carbocycles. The number of anilines is 3. The number of aromatic nitrogens is 2. The minimum atomic E-state index is -0.482. The molecule has 0 bridgehead atoms. The average molecular weight is 395 g/mol. The number of nitrogens with zero attached hydrogens (tertiary/aromatic N) is 7.